The Labute approximate surface area is 82.2 Å². The Morgan fingerprint density at radius 2 is 2.46 bits per heavy atom. The summed E-state index contributed by atoms with van der Waals surface area (Å²) in [6, 6.07) is 3.46. The number of pyridine rings is 1. The molecule has 0 atom stereocenters. The minimum Gasteiger partial charge on any atom is -0.382 e. The van der Waals surface area contributed by atoms with Crippen LogP contribution >= 0.6 is 12.2 Å². The van der Waals surface area contributed by atoms with Crippen LogP contribution in [0.15, 0.2) is 24.5 Å². The van der Waals surface area contributed by atoms with Crippen LogP contribution < -0.4 is 5.32 Å². The van der Waals surface area contributed by atoms with E-state index >= 15 is 0 Å². The first-order valence-electron chi connectivity index (χ1n) is 3.88. The van der Waals surface area contributed by atoms with Crippen LogP contribution in [0.2, 0.25) is 0 Å². The highest BCUT2D eigenvalue weighted by molar-refractivity contribution is 7.80. The standard InChI is InChI=1S/C9H10N2OS/c1-10-9(13)5-8(12)7-3-2-4-11-6-7/h2-4,6H,5H2,1H3,(H,10,13). The number of rotatable bonds is 3. The first-order chi connectivity index (χ1) is 6.24. The molecule has 0 bridgehead atoms. The molecule has 0 spiro atoms. The number of aromatic nitrogens is 1. The monoisotopic (exact) mass is 194 g/mol. The van der Waals surface area contributed by atoms with E-state index in [0.29, 0.717) is 10.6 Å². The molecule has 4 heteroatoms. The molecule has 0 aliphatic carbocycles. The number of carbonyl (C=O) groups is 1. The van der Waals surface area contributed by atoms with Crippen molar-refractivity contribution >= 4 is 23.0 Å². The van der Waals surface area contributed by atoms with E-state index in [0.717, 1.165) is 0 Å². The maximum atomic E-state index is 11.4. The highest BCUT2D eigenvalue weighted by Crippen LogP contribution is 2.01. The number of ketones is 1. The largest absolute Gasteiger partial charge is 0.382 e. The van der Waals surface area contributed by atoms with E-state index < -0.39 is 0 Å². The zero-order chi connectivity index (χ0) is 9.68. The van der Waals surface area contributed by atoms with Crippen LogP contribution in [-0.4, -0.2) is 22.8 Å². The predicted octanol–water partition coefficient (Wildman–Crippen LogP) is 1.20. The third kappa shape index (κ3) is 2.91. The van der Waals surface area contributed by atoms with Gasteiger partial charge in [0.15, 0.2) is 5.78 Å². The van der Waals surface area contributed by atoms with Gasteiger partial charge in [-0.05, 0) is 12.1 Å². The Balaban J connectivity index is 2.65. The average Bonchev–Trinajstić information content (AvgIpc) is 2.19. The van der Waals surface area contributed by atoms with Gasteiger partial charge in [-0.25, -0.2) is 0 Å². The lowest BCUT2D eigenvalue weighted by atomic mass is 10.1. The summed E-state index contributed by atoms with van der Waals surface area (Å²) in [6.07, 6.45) is 3.42. The van der Waals surface area contributed by atoms with Crippen molar-refractivity contribution in [1.82, 2.24) is 10.3 Å². The van der Waals surface area contributed by atoms with Crippen molar-refractivity contribution in [2.24, 2.45) is 0 Å². The molecule has 68 valence electrons. The minimum absolute atomic E-state index is 0.00699. The van der Waals surface area contributed by atoms with Gasteiger partial charge in [-0.2, -0.15) is 0 Å². The molecular weight excluding hydrogens is 184 g/mol. The summed E-state index contributed by atoms with van der Waals surface area (Å²) in [4.78, 5) is 15.9. The fourth-order valence-corrected chi connectivity index (χ4v) is 0.995. The van der Waals surface area contributed by atoms with E-state index in [1.807, 2.05) is 0 Å². The summed E-state index contributed by atoms with van der Waals surface area (Å²) < 4.78 is 0. The van der Waals surface area contributed by atoms with E-state index in [4.69, 9.17) is 12.2 Å². The van der Waals surface area contributed by atoms with Gasteiger partial charge in [-0.15, -0.1) is 0 Å². The molecule has 0 saturated heterocycles. The maximum Gasteiger partial charge on any atom is 0.171 e. The van der Waals surface area contributed by atoms with E-state index in [2.05, 4.69) is 10.3 Å². The molecule has 1 rings (SSSR count). The van der Waals surface area contributed by atoms with Crippen LogP contribution in [0.4, 0.5) is 0 Å². The molecule has 0 saturated carbocycles. The fraction of sp³-hybridized carbons (Fsp3) is 0.222. The van der Waals surface area contributed by atoms with E-state index in [-0.39, 0.29) is 12.2 Å². The molecule has 3 nitrogen and oxygen atoms in total. The van der Waals surface area contributed by atoms with Gasteiger partial charge in [0.2, 0.25) is 0 Å². The average molecular weight is 194 g/mol. The lowest BCUT2D eigenvalue weighted by molar-refractivity contribution is 0.1000. The molecule has 1 aromatic heterocycles. The van der Waals surface area contributed by atoms with Gasteiger partial charge in [0.25, 0.3) is 0 Å². The first kappa shape index (κ1) is 9.80. The summed E-state index contributed by atoms with van der Waals surface area (Å²) in [5, 5.41) is 2.76. The molecule has 0 fully saturated rings. The van der Waals surface area contributed by atoms with E-state index in [9.17, 15) is 4.79 Å². The molecule has 0 amide bonds. The van der Waals surface area contributed by atoms with Crippen LogP contribution in [0.3, 0.4) is 0 Å². The molecule has 0 radical (unpaired) electrons. The number of hydrogen-bond donors (Lipinski definition) is 1. The zero-order valence-corrected chi connectivity index (χ0v) is 8.10. The molecule has 1 heterocycles. The van der Waals surface area contributed by atoms with Crippen LogP contribution in [0.25, 0.3) is 0 Å². The second-order valence-electron chi connectivity index (χ2n) is 2.51. The van der Waals surface area contributed by atoms with Crippen LogP contribution in [0.5, 0.6) is 0 Å². The number of nitrogens with zero attached hydrogens (tertiary/aromatic N) is 1. The Kier molecular flexibility index (Phi) is 3.52. The van der Waals surface area contributed by atoms with Crippen molar-refractivity contribution in [2.45, 2.75) is 6.42 Å². The summed E-state index contributed by atoms with van der Waals surface area (Å²) in [6.45, 7) is 0. The Morgan fingerprint density at radius 1 is 1.69 bits per heavy atom. The summed E-state index contributed by atoms with van der Waals surface area (Å²) in [7, 11) is 1.71. The Hall–Kier alpha value is -1.29. The summed E-state index contributed by atoms with van der Waals surface area (Å²) in [5.74, 6) is -0.00699. The summed E-state index contributed by atoms with van der Waals surface area (Å²) in [5.41, 5.74) is 0.597. The smallest absolute Gasteiger partial charge is 0.171 e. The lowest BCUT2D eigenvalue weighted by Gasteiger charge is -2.01. The topological polar surface area (TPSA) is 42.0 Å². The van der Waals surface area contributed by atoms with Crippen molar-refractivity contribution in [3.8, 4) is 0 Å². The fourth-order valence-electron chi connectivity index (χ4n) is 0.864. The van der Waals surface area contributed by atoms with Crippen LogP contribution in [0, 0.1) is 0 Å². The quantitative estimate of drug-likeness (QED) is 0.580. The highest BCUT2D eigenvalue weighted by atomic mass is 32.1. The summed E-state index contributed by atoms with van der Waals surface area (Å²) >= 11 is 4.88. The van der Waals surface area contributed by atoms with Gasteiger partial charge in [0, 0.05) is 25.0 Å². The van der Waals surface area contributed by atoms with Gasteiger partial charge in [-0.3, -0.25) is 9.78 Å². The molecule has 0 aliphatic rings. The van der Waals surface area contributed by atoms with Crippen molar-refractivity contribution in [3.05, 3.63) is 30.1 Å². The third-order valence-corrected chi connectivity index (χ3v) is 1.93. The molecule has 1 aromatic rings. The molecule has 1 N–H and O–H groups in total. The SMILES string of the molecule is CNC(=S)CC(=O)c1cccnc1. The lowest BCUT2D eigenvalue weighted by Crippen LogP contribution is -2.19. The minimum atomic E-state index is -0.00699. The maximum absolute atomic E-state index is 11.4. The molecular formula is C9H10N2OS. The van der Waals surface area contributed by atoms with Gasteiger partial charge >= 0.3 is 0 Å². The highest BCUT2D eigenvalue weighted by Gasteiger charge is 2.06. The number of hydrogen-bond acceptors (Lipinski definition) is 3. The Bertz CT molecular complexity index is 311. The van der Waals surface area contributed by atoms with E-state index in [1.54, 1.807) is 31.6 Å². The molecule has 0 aliphatic heterocycles. The van der Waals surface area contributed by atoms with Gasteiger partial charge in [0.05, 0.1) is 11.4 Å². The second kappa shape index (κ2) is 4.67. The third-order valence-electron chi connectivity index (χ3n) is 1.58. The van der Waals surface area contributed by atoms with Crippen LogP contribution in [-0.2, 0) is 0 Å². The van der Waals surface area contributed by atoms with Crippen molar-refractivity contribution in [1.29, 1.82) is 0 Å². The second-order valence-corrected chi connectivity index (χ2v) is 3.01. The number of carbonyl (C=O) groups excluding carboxylic acids is 1. The van der Waals surface area contributed by atoms with Gasteiger partial charge in [0.1, 0.15) is 0 Å². The molecule has 0 aromatic carbocycles. The van der Waals surface area contributed by atoms with Crippen molar-refractivity contribution in [2.75, 3.05) is 7.05 Å². The van der Waals surface area contributed by atoms with Gasteiger partial charge in [-0.1, -0.05) is 12.2 Å². The van der Waals surface area contributed by atoms with E-state index in [1.165, 1.54) is 0 Å². The van der Waals surface area contributed by atoms with Crippen molar-refractivity contribution in [3.63, 3.8) is 0 Å². The first-order valence-corrected chi connectivity index (χ1v) is 4.28. The molecule has 0 unspecified atom stereocenters. The van der Waals surface area contributed by atoms with Crippen molar-refractivity contribution < 1.29 is 4.79 Å². The Morgan fingerprint density at radius 3 is 3.00 bits per heavy atom. The normalized spacial score (nSPS) is 9.31. The number of Topliss-reactive ketones (excluding diaryl/α,β-unsaturated/α-hetero) is 1. The van der Waals surface area contributed by atoms with Crippen LogP contribution in [0.1, 0.15) is 16.8 Å². The zero-order valence-electron chi connectivity index (χ0n) is 7.28. The molecule has 13 heavy (non-hydrogen) atoms. The number of thiocarbonyl (C=S) groups is 1. The predicted molar refractivity (Wildman–Crippen MR) is 54.8 cm³/mol. The van der Waals surface area contributed by atoms with Gasteiger partial charge < -0.3 is 5.32 Å². The number of nitrogens with one attached hydrogen (secondary N) is 1.